The molecule has 0 rings (SSSR count). The third-order valence-electron chi connectivity index (χ3n) is 1.87. The Kier molecular flexibility index (Phi) is 6.28. The Balaban J connectivity index is 4.41. The first-order valence-electron chi connectivity index (χ1n) is 5.24. The van der Waals surface area contributed by atoms with E-state index in [9.17, 15) is 5.11 Å². The summed E-state index contributed by atoms with van der Waals surface area (Å²) in [6.07, 6.45) is 0.227. The largest absolute Gasteiger partial charge is 0.374 e. The van der Waals surface area contributed by atoms with Gasteiger partial charge in [-0.15, -0.1) is 0 Å². The first-order chi connectivity index (χ1) is 6.52. The second kappa shape index (κ2) is 6.65. The summed E-state index contributed by atoms with van der Waals surface area (Å²) in [7, 11) is 1.85. The van der Waals surface area contributed by atoms with Gasteiger partial charge in [0.05, 0.1) is 0 Å². The van der Waals surface area contributed by atoms with Crippen LogP contribution in [0.4, 0.5) is 0 Å². The van der Waals surface area contributed by atoms with Crippen LogP contribution < -0.4 is 5.32 Å². The number of nitrogens with one attached hydrogen (secondary N) is 1. The summed E-state index contributed by atoms with van der Waals surface area (Å²) in [5.41, 5.74) is 0. The van der Waals surface area contributed by atoms with Crippen molar-refractivity contribution in [2.75, 3.05) is 13.6 Å². The third kappa shape index (κ3) is 4.46. The molecule has 1 atom stereocenters. The van der Waals surface area contributed by atoms with Gasteiger partial charge < -0.3 is 15.3 Å². The highest BCUT2D eigenvalue weighted by Gasteiger charge is 2.13. The lowest BCUT2D eigenvalue weighted by atomic mass is 10.3. The predicted octanol–water partition coefficient (Wildman–Crippen LogP) is 1.02. The van der Waals surface area contributed by atoms with Crippen molar-refractivity contribution >= 4 is 5.96 Å². The zero-order valence-corrected chi connectivity index (χ0v) is 9.91. The van der Waals surface area contributed by atoms with Crippen LogP contribution in [-0.4, -0.2) is 41.8 Å². The fourth-order valence-corrected chi connectivity index (χ4v) is 1.08. The summed E-state index contributed by atoms with van der Waals surface area (Å²) in [5.74, 6) is 0.761. The van der Waals surface area contributed by atoms with Crippen LogP contribution in [0, 0.1) is 0 Å². The number of nitrogens with zero attached hydrogens (tertiary/aromatic N) is 2. The van der Waals surface area contributed by atoms with E-state index in [0.717, 1.165) is 12.5 Å². The minimum atomic E-state index is -0.466. The topological polar surface area (TPSA) is 47.9 Å². The summed E-state index contributed by atoms with van der Waals surface area (Å²) in [6, 6.07) is 0.326. The highest BCUT2D eigenvalue weighted by Crippen LogP contribution is 1.98. The number of guanidine groups is 1. The molecule has 0 spiro atoms. The first-order valence-corrected chi connectivity index (χ1v) is 5.24. The molecule has 0 aliphatic rings. The molecule has 0 bridgehead atoms. The highest BCUT2D eigenvalue weighted by molar-refractivity contribution is 5.80. The van der Waals surface area contributed by atoms with Gasteiger partial charge in [-0.3, -0.25) is 4.99 Å². The number of hydrogen-bond acceptors (Lipinski definition) is 2. The molecular formula is C10H23N3O. The molecule has 0 aromatic carbocycles. The number of aliphatic hydroxyl groups is 1. The van der Waals surface area contributed by atoms with Crippen LogP contribution in [0.5, 0.6) is 0 Å². The Labute approximate surface area is 87.0 Å². The van der Waals surface area contributed by atoms with E-state index in [1.165, 1.54) is 0 Å². The molecule has 0 aliphatic heterocycles. The molecule has 1 unspecified atom stereocenters. The van der Waals surface area contributed by atoms with Crippen molar-refractivity contribution in [3.8, 4) is 0 Å². The predicted molar refractivity (Wildman–Crippen MR) is 60.3 cm³/mol. The fourth-order valence-electron chi connectivity index (χ4n) is 1.08. The number of aliphatic imine (C=N–C) groups is 1. The highest BCUT2D eigenvalue weighted by atomic mass is 16.3. The van der Waals surface area contributed by atoms with Crippen LogP contribution in [0.2, 0.25) is 0 Å². The second-order valence-electron chi connectivity index (χ2n) is 3.60. The third-order valence-corrected chi connectivity index (χ3v) is 1.87. The molecule has 0 saturated heterocycles. The molecule has 0 saturated carbocycles. The Bertz CT molecular complexity index is 180. The molecule has 0 aromatic rings. The molecule has 14 heavy (non-hydrogen) atoms. The number of rotatable bonds is 4. The molecule has 2 N–H and O–H groups in total. The molecule has 0 aromatic heterocycles. The molecule has 0 radical (unpaired) electrons. The number of hydrogen-bond donors (Lipinski definition) is 2. The SMILES string of the molecule is CCN=C(NC(C)C)N(C)C(O)CC. The maximum atomic E-state index is 9.64. The Morgan fingerprint density at radius 2 is 2.00 bits per heavy atom. The van der Waals surface area contributed by atoms with E-state index in [1.54, 1.807) is 4.90 Å². The van der Waals surface area contributed by atoms with Gasteiger partial charge in [-0.1, -0.05) is 6.92 Å². The first kappa shape index (κ1) is 13.2. The summed E-state index contributed by atoms with van der Waals surface area (Å²) in [6.45, 7) is 8.75. The minimum absolute atomic E-state index is 0.326. The monoisotopic (exact) mass is 201 g/mol. The molecule has 0 aliphatic carbocycles. The quantitative estimate of drug-likeness (QED) is 0.405. The standard InChI is InChI=1S/C10H23N3O/c1-6-9(14)13(5)10(11-7-2)12-8(3)4/h8-9,14H,6-7H2,1-5H3,(H,11,12). The van der Waals surface area contributed by atoms with Crippen LogP contribution in [-0.2, 0) is 0 Å². The van der Waals surface area contributed by atoms with E-state index >= 15 is 0 Å². The second-order valence-corrected chi connectivity index (χ2v) is 3.60. The van der Waals surface area contributed by atoms with E-state index < -0.39 is 6.23 Å². The zero-order valence-electron chi connectivity index (χ0n) is 9.91. The Morgan fingerprint density at radius 3 is 2.36 bits per heavy atom. The van der Waals surface area contributed by atoms with Crippen molar-refractivity contribution in [2.24, 2.45) is 4.99 Å². The number of aliphatic hydroxyl groups excluding tert-OH is 1. The summed E-state index contributed by atoms with van der Waals surface area (Å²) in [4.78, 5) is 6.07. The van der Waals surface area contributed by atoms with Gasteiger partial charge in [-0.2, -0.15) is 0 Å². The summed E-state index contributed by atoms with van der Waals surface area (Å²) >= 11 is 0. The van der Waals surface area contributed by atoms with Gasteiger partial charge in [0, 0.05) is 19.6 Å². The van der Waals surface area contributed by atoms with E-state index in [4.69, 9.17) is 0 Å². The van der Waals surface area contributed by atoms with Gasteiger partial charge in [-0.25, -0.2) is 0 Å². The molecule has 0 fully saturated rings. The normalized spacial score (nSPS) is 14.4. The van der Waals surface area contributed by atoms with Crippen molar-refractivity contribution in [2.45, 2.75) is 46.4 Å². The fraction of sp³-hybridized carbons (Fsp3) is 0.900. The average molecular weight is 201 g/mol. The molecular weight excluding hydrogens is 178 g/mol. The lowest BCUT2D eigenvalue weighted by Gasteiger charge is -2.27. The molecule has 84 valence electrons. The molecule has 4 heteroatoms. The smallest absolute Gasteiger partial charge is 0.195 e. The van der Waals surface area contributed by atoms with Crippen molar-refractivity contribution in [3.05, 3.63) is 0 Å². The maximum Gasteiger partial charge on any atom is 0.195 e. The maximum absolute atomic E-state index is 9.64. The van der Waals surface area contributed by atoms with Crippen LogP contribution in [0.25, 0.3) is 0 Å². The minimum Gasteiger partial charge on any atom is -0.374 e. The summed E-state index contributed by atoms with van der Waals surface area (Å²) in [5, 5.41) is 12.9. The van der Waals surface area contributed by atoms with Crippen molar-refractivity contribution in [3.63, 3.8) is 0 Å². The molecule has 4 nitrogen and oxygen atoms in total. The van der Waals surface area contributed by atoms with Crippen molar-refractivity contribution < 1.29 is 5.11 Å². The van der Waals surface area contributed by atoms with Crippen LogP contribution in [0.15, 0.2) is 4.99 Å². The van der Waals surface area contributed by atoms with Gasteiger partial charge in [-0.05, 0) is 27.2 Å². The van der Waals surface area contributed by atoms with Gasteiger partial charge in [0.15, 0.2) is 5.96 Å². The van der Waals surface area contributed by atoms with Gasteiger partial charge >= 0.3 is 0 Å². The van der Waals surface area contributed by atoms with Crippen LogP contribution in [0.3, 0.4) is 0 Å². The molecule has 0 amide bonds. The Morgan fingerprint density at radius 1 is 1.43 bits per heavy atom. The van der Waals surface area contributed by atoms with E-state index in [1.807, 2.05) is 20.9 Å². The van der Waals surface area contributed by atoms with Gasteiger partial charge in [0.25, 0.3) is 0 Å². The van der Waals surface area contributed by atoms with Gasteiger partial charge in [0.1, 0.15) is 6.23 Å². The van der Waals surface area contributed by atoms with E-state index in [2.05, 4.69) is 24.2 Å². The lowest BCUT2D eigenvalue weighted by Crippen LogP contribution is -2.47. The van der Waals surface area contributed by atoms with Crippen LogP contribution >= 0.6 is 0 Å². The van der Waals surface area contributed by atoms with E-state index in [0.29, 0.717) is 12.5 Å². The van der Waals surface area contributed by atoms with Gasteiger partial charge in [0.2, 0.25) is 0 Å². The Hall–Kier alpha value is -0.770. The zero-order chi connectivity index (χ0) is 11.1. The van der Waals surface area contributed by atoms with Crippen LogP contribution in [0.1, 0.15) is 34.1 Å². The molecule has 0 heterocycles. The lowest BCUT2D eigenvalue weighted by molar-refractivity contribution is 0.0632. The van der Waals surface area contributed by atoms with Crippen molar-refractivity contribution in [1.82, 2.24) is 10.2 Å². The average Bonchev–Trinajstić information content (AvgIpc) is 2.14. The van der Waals surface area contributed by atoms with Crippen molar-refractivity contribution in [1.29, 1.82) is 0 Å². The summed E-state index contributed by atoms with van der Waals surface area (Å²) < 4.78 is 0. The van der Waals surface area contributed by atoms with E-state index in [-0.39, 0.29) is 0 Å².